The number of hydrogen-bond donors (Lipinski definition) is 3. The number of halogens is 3. The van der Waals surface area contributed by atoms with E-state index in [1.807, 2.05) is 0 Å². The van der Waals surface area contributed by atoms with Gasteiger partial charge in [-0.25, -0.2) is 18.2 Å². The van der Waals surface area contributed by atoms with Gasteiger partial charge in [0.15, 0.2) is 5.13 Å². The number of amides is 3. The molecule has 31 heavy (non-hydrogen) atoms. The van der Waals surface area contributed by atoms with Crippen molar-refractivity contribution in [3.05, 3.63) is 64.8 Å². The monoisotopic (exact) mass is 448 g/mol. The van der Waals surface area contributed by atoms with Crippen LogP contribution in [0, 0.1) is 17.5 Å². The quantitative estimate of drug-likeness (QED) is 0.537. The highest BCUT2D eigenvalue weighted by atomic mass is 32.1. The normalized spacial score (nSPS) is 10.5. The number of hydrogen-bond acceptors (Lipinski definition) is 5. The van der Waals surface area contributed by atoms with E-state index in [2.05, 4.69) is 20.9 Å². The van der Waals surface area contributed by atoms with Crippen molar-refractivity contribution < 1.29 is 27.6 Å². The Morgan fingerprint density at radius 1 is 1.00 bits per heavy atom. The fraction of sp³-hybridized carbons (Fsp3) is 0.100. The van der Waals surface area contributed by atoms with Gasteiger partial charge in [-0.15, -0.1) is 11.3 Å². The van der Waals surface area contributed by atoms with Crippen LogP contribution in [0.2, 0.25) is 0 Å². The third-order valence-corrected chi connectivity index (χ3v) is 4.61. The summed E-state index contributed by atoms with van der Waals surface area (Å²) in [5.41, 5.74) is 0.477. The molecular formula is C20H15F3N4O3S. The summed E-state index contributed by atoms with van der Waals surface area (Å²) in [7, 11) is 0. The Morgan fingerprint density at radius 3 is 2.35 bits per heavy atom. The molecule has 3 rings (SSSR count). The second kappa shape index (κ2) is 9.39. The first kappa shape index (κ1) is 22.0. The average molecular weight is 448 g/mol. The smallest absolute Gasteiger partial charge is 0.251 e. The van der Waals surface area contributed by atoms with E-state index >= 15 is 0 Å². The number of nitrogens with one attached hydrogen (secondary N) is 3. The molecule has 1 heterocycles. The van der Waals surface area contributed by atoms with Crippen molar-refractivity contribution in [2.45, 2.75) is 6.92 Å². The molecule has 0 aliphatic heterocycles. The molecule has 0 radical (unpaired) electrons. The van der Waals surface area contributed by atoms with Gasteiger partial charge in [-0.2, -0.15) is 0 Å². The van der Waals surface area contributed by atoms with Crippen LogP contribution >= 0.6 is 11.3 Å². The predicted octanol–water partition coefficient (Wildman–Crippen LogP) is 3.55. The zero-order valence-electron chi connectivity index (χ0n) is 16.0. The van der Waals surface area contributed by atoms with E-state index in [-0.39, 0.29) is 27.9 Å². The minimum absolute atomic E-state index is 0.163. The average Bonchev–Trinajstić information content (AvgIpc) is 3.13. The highest BCUT2D eigenvalue weighted by Crippen LogP contribution is 2.28. The van der Waals surface area contributed by atoms with Crippen LogP contribution in [0.15, 0.2) is 41.8 Å². The van der Waals surface area contributed by atoms with Crippen molar-refractivity contribution in [2.24, 2.45) is 0 Å². The summed E-state index contributed by atoms with van der Waals surface area (Å²) in [4.78, 5) is 39.1. The van der Waals surface area contributed by atoms with E-state index in [9.17, 15) is 27.6 Å². The van der Waals surface area contributed by atoms with Crippen molar-refractivity contribution in [1.29, 1.82) is 0 Å². The molecule has 0 aliphatic rings. The van der Waals surface area contributed by atoms with Crippen LogP contribution in [0.25, 0.3) is 11.3 Å². The molecule has 0 bridgehead atoms. The zero-order chi connectivity index (χ0) is 22.5. The van der Waals surface area contributed by atoms with Gasteiger partial charge in [-0.05, 0) is 30.3 Å². The van der Waals surface area contributed by atoms with E-state index < -0.39 is 35.8 Å². The van der Waals surface area contributed by atoms with Gasteiger partial charge in [0.2, 0.25) is 11.8 Å². The molecule has 7 nitrogen and oxygen atoms in total. The van der Waals surface area contributed by atoms with Crippen LogP contribution in [-0.2, 0) is 9.59 Å². The molecular weight excluding hydrogens is 433 g/mol. The molecule has 3 aromatic rings. The van der Waals surface area contributed by atoms with Gasteiger partial charge in [-0.1, -0.05) is 0 Å². The highest BCUT2D eigenvalue weighted by Gasteiger charge is 2.14. The maximum Gasteiger partial charge on any atom is 0.251 e. The Kier molecular flexibility index (Phi) is 6.65. The first-order valence-corrected chi connectivity index (χ1v) is 9.66. The number of aromatic nitrogens is 1. The van der Waals surface area contributed by atoms with Crippen LogP contribution in [0.4, 0.5) is 24.0 Å². The first-order valence-electron chi connectivity index (χ1n) is 8.78. The molecule has 3 N–H and O–H groups in total. The Balaban J connectivity index is 1.60. The van der Waals surface area contributed by atoms with Gasteiger partial charge in [0, 0.05) is 35.2 Å². The SMILES string of the molecule is CC(=O)Nc1ccc(-c2csc(NC(=O)CNC(=O)c3cc(F)cc(F)c3)n2)c(F)c1. The minimum Gasteiger partial charge on any atom is -0.343 e. The zero-order valence-corrected chi connectivity index (χ0v) is 16.8. The third-order valence-electron chi connectivity index (χ3n) is 3.85. The molecule has 0 saturated heterocycles. The van der Waals surface area contributed by atoms with E-state index in [1.54, 1.807) is 0 Å². The maximum atomic E-state index is 14.3. The summed E-state index contributed by atoms with van der Waals surface area (Å²) in [6, 6.07) is 6.42. The summed E-state index contributed by atoms with van der Waals surface area (Å²) in [5.74, 6) is -4.23. The molecule has 0 aliphatic carbocycles. The van der Waals surface area contributed by atoms with Crippen LogP contribution in [0.1, 0.15) is 17.3 Å². The largest absolute Gasteiger partial charge is 0.343 e. The number of benzene rings is 2. The van der Waals surface area contributed by atoms with E-state index in [0.29, 0.717) is 11.8 Å². The Labute approximate surface area is 178 Å². The highest BCUT2D eigenvalue weighted by molar-refractivity contribution is 7.14. The fourth-order valence-electron chi connectivity index (χ4n) is 2.57. The molecule has 0 spiro atoms. The fourth-order valence-corrected chi connectivity index (χ4v) is 3.30. The number of rotatable bonds is 6. The van der Waals surface area contributed by atoms with E-state index in [4.69, 9.17) is 0 Å². The topological polar surface area (TPSA) is 100 Å². The van der Waals surface area contributed by atoms with E-state index in [0.717, 1.165) is 29.5 Å². The predicted molar refractivity (Wildman–Crippen MR) is 109 cm³/mol. The first-order chi connectivity index (χ1) is 14.7. The lowest BCUT2D eigenvalue weighted by Crippen LogP contribution is -2.32. The third kappa shape index (κ3) is 5.89. The van der Waals surface area contributed by atoms with Crippen molar-refractivity contribution in [2.75, 3.05) is 17.2 Å². The van der Waals surface area contributed by atoms with Crippen molar-refractivity contribution in [3.63, 3.8) is 0 Å². The second-order valence-electron chi connectivity index (χ2n) is 6.30. The summed E-state index contributed by atoms with van der Waals surface area (Å²) in [6.45, 7) is 0.839. The molecule has 0 fully saturated rings. The summed E-state index contributed by atoms with van der Waals surface area (Å²) < 4.78 is 40.7. The lowest BCUT2D eigenvalue weighted by molar-refractivity contribution is -0.115. The summed E-state index contributed by atoms with van der Waals surface area (Å²) >= 11 is 1.04. The molecule has 0 saturated carbocycles. The van der Waals surface area contributed by atoms with Crippen molar-refractivity contribution in [3.8, 4) is 11.3 Å². The number of thiazole rings is 1. The molecule has 2 aromatic carbocycles. The van der Waals surface area contributed by atoms with Crippen molar-refractivity contribution in [1.82, 2.24) is 10.3 Å². The van der Waals surface area contributed by atoms with Gasteiger partial charge < -0.3 is 16.0 Å². The van der Waals surface area contributed by atoms with Gasteiger partial charge >= 0.3 is 0 Å². The van der Waals surface area contributed by atoms with Gasteiger partial charge in [-0.3, -0.25) is 14.4 Å². The van der Waals surface area contributed by atoms with Gasteiger partial charge in [0.05, 0.1) is 12.2 Å². The summed E-state index contributed by atoms with van der Waals surface area (Å²) in [6.07, 6.45) is 0. The van der Waals surface area contributed by atoms with Crippen LogP contribution < -0.4 is 16.0 Å². The second-order valence-corrected chi connectivity index (χ2v) is 7.16. The molecule has 3 amide bonds. The maximum absolute atomic E-state index is 14.3. The molecule has 1 aromatic heterocycles. The summed E-state index contributed by atoms with van der Waals surface area (Å²) in [5, 5.41) is 8.84. The van der Waals surface area contributed by atoms with Crippen molar-refractivity contribution >= 4 is 39.9 Å². The van der Waals surface area contributed by atoms with Crippen LogP contribution in [0.3, 0.4) is 0 Å². The molecule has 0 unspecified atom stereocenters. The standard InChI is InChI=1S/C20H15F3N4O3S/c1-10(28)25-14-2-3-15(16(23)7-14)17-9-31-20(26-17)27-18(29)8-24-19(30)11-4-12(21)6-13(22)5-11/h2-7,9H,8H2,1H3,(H,24,30)(H,25,28)(H,26,27,29). The number of carbonyl (C=O) groups excluding carboxylic acids is 3. The van der Waals surface area contributed by atoms with E-state index in [1.165, 1.54) is 24.4 Å². The molecule has 160 valence electrons. The Hall–Kier alpha value is -3.73. The van der Waals surface area contributed by atoms with Gasteiger partial charge in [0.1, 0.15) is 17.5 Å². The Bertz CT molecular complexity index is 1150. The number of carbonyl (C=O) groups is 3. The molecule has 11 heteroatoms. The molecule has 0 atom stereocenters. The van der Waals surface area contributed by atoms with Gasteiger partial charge in [0.25, 0.3) is 5.91 Å². The van der Waals surface area contributed by atoms with Crippen LogP contribution in [-0.4, -0.2) is 29.3 Å². The Morgan fingerprint density at radius 2 is 1.71 bits per heavy atom. The minimum atomic E-state index is -0.915. The number of anilines is 2. The lowest BCUT2D eigenvalue weighted by Gasteiger charge is -2.06. The lowest BCUT2D eigenvalue weighted by atomic mass is 10.1. The number of nitrogens with zero attached hydrogens (tertiary/aromatic N) is 1. The van der Waals surface area contributed by atoms with Crippen LogP contribution in [0.5, 0.6) is 0 Å².